The van der Waals surface area contributed by atoms with Gasteiger partial charge in [0, 0.05) is 0 Å². The van der Waals surface area contributed by atoms with Crippen LogP contribution in [0.15, 0.2) is 16.7 Å². The van der Waals surface area contributed by atoms with E-state index in [2.05, 4.69) is 4.74 Å². The van der Waals surface area contributed by atoms with Gasteiger partial charge in [-0.1, -0.05) is 4.86 Å². The summed E-state index contributed by atoms with van der Waals surface area (Å²) in [5.74, 6) is -2.02. The van der Waals surface area contributed by atoms with Gasteiger partial charge in [-0.15, -0.1) is 0 Å². The first-order valence-corrected chi connectivity index (χ1v) is 3.40. The van der Waals surface area contributed by atoms with Crippen molar-refractivity contribution < 1.29 is 122 Å². The second-order valence-corrected chi connectivity index (χ2v) is 1.98. The summed E-state index contributed by atoms with van der Waals surface area (Å²) in [5, 5.41) is 32.9. The molecule has 15 heavy (non-hydrogen) atoms. The second-order valence-electron chi connectivity index (χ2n) is 1.98. The summed E-state index contributed by atoms with van der Waals surface area (Å²) in [4.78, 5) is 10.3. The van der Waals surface area contributed by atoms with Crippen LogP contribution in [-0.2, 0) is 9.53 Å². The molecule has 0 aliphatic carbocycles. The second kappa shape index (κ2) is 12.0. The maximum absolute atomic E-state index is 10.9. The number of rotatable bonds is 3. The van der Waals surface area contributed by atoms with Gasteiger partial charge in [-0.05, 0) is 24.9 Å². The molecule has 7 nitrogen and oxygen atoms in total. The molecule has 0 fully saturated rings. The van der Waals surface area contributed by atoms with Gasteiger partial charge in [0.25, 0.3) is 0 Å². The predicted octanol–water partition coefficient (Wildman–Crippen LogP) is -6.39. The molecule has 0 amide bonds. The molecule has 0 bridgehead atoms. The third-order valence-electron chi connectivity index (χ3n) is 1.07. The Balaban J connectivity index is -0.000000720. The molecule has 0 heterocycles. The molecule has 0 aromatic carbocycles. The van der Waals surface area contributed by atoms with E-state index in [4.69, 9.17) is 0 Å². The molecule has 0 radical (unpaired) electrons. The molecule has 0 aliphatic rings. The fraction of sp³-hybridized carbons (Fsp3) is 0.500. The molecule has 0 N–H and O–H groups in total. The minimum atomic E-state index is -1.15. The zero-order valence-electron chi connectivity index (χ0n) is 9.14. The van der Waals surface area contributed by atoms with Crippen molar-refractivity contribution in [1.82, 2.24) is 0 Å². The van der Waals surface area contributed by atoms with Gasteiger partial charge in [0.2, 0.25) is 0 Å². The van der Waals surface area contributed by atoms with Gasteiger partial charge in [-0.3, -0.25) is 0 Å². The zero-order chi connectivity index (χ0) is 10.4. The maximum Gasteiger partial charge on any atom is 1.00 e. The Hall–Kier alpha value is 1.48. The fourth-order valence-electron chi connectivity index (χ4n) is 0.597. The van der Waals surface area contributed by atoms with Crippen LogP contribution in [0.3, 0.4) is 0 Å². The Morgan fingerprint density at radius 1 is 1.47 bits per heavy atom. The van der Waals surface area contributed by atoms with Crippen LogP contribution in [0.1, 0.15) is 13.8 Å². The van der Waals surface area contributed by atoms with E-state index in [0.29, 0.717) is 0 Å². The average Bonchev–Trinajstić information content (AvgIpc) is 2.04. The number of hydrogen-bond donors (Lipinski definition) is 0. The average molecular weight is 266 g/mol. The van der Waals surface area contributed by atoms with Gasteiger partial charge in [-0.25, -0.2) is 4.79 Å². The first kappa shape index (κ1) is 21.7. The number of allylic oxidation sites excluding steroid dienone is 1. The van der Waals surface area contributed by atoms with Crippen LogP contribution < -0.4 is 108 Å². The minimum absolute atomic E-state index is 0. The molecule has 0 aromatic rings. The summed E-state index contributed by atoms with van der Waals surface area (Å²) < 4.78 is 4.35. The molecule has 0 saturated heterocycles. The van der Waals surface area contributed by atoms with Crippen molar-refractivity contribution in [2.45, 2.75) is 13.8 Å². The van der Waals surface area contributed by atoms with Gasteiger partial charge in [0.05, 0.1) is 6.61 Å². The maximum atomic E-state index is 10.9. The molecule has 0 aromatic heterocycles. The van der Waals surface area contributed by atoms with Gasteiger partial charge in [-0.2, -0.15) is 0 Å². The van der Waals surface area contributed by atoms with Crippen LogP contribution in [0.2, 0.25) is 0 Å². The molecule has 74 valence electrons. The molecule has 0 aliphatic heterocycles. The molecule has 0 spiro atoms. The van der Waals surface area contributed by atoms with Gasteiger partial charge >= 0.3 is 114 Å². The van der Waals surface area contributed by atoms with Crippen LogP contribution in [0.5, 0.6) is 0 Å². The normalized spacial score (nSPS) is 11.7. The van der Waals surface area contributed by atoms with E-state index in [0.717, 1.165) is 6.92 Å². The number of ether oxygens (including phenoxy) is 1. The topological polar surface area (TPSA) is 111 Å². The van der Waals surface area contributed by atoms with Gasteiger partial charge in [0.1, 0.15) is 0 Å². The SMILES string of the molecule is CCOC(=O)C(=C(/C)[O-])/[N+]([O-])=N/[O-].[K+].[K+]. The molecule has 9 heteroatoms. The first-order chi connectivity index (χ1) is 6.04. The van der Waals surface area contributed by atoms with E-state index in [1.807, 2.05) is 5.28 Å². The van der Waals surface area contributed by atoms with Crippen molar-refractivity contribution in [2.75, 3.05) is 6.61 Å². The Bertz CT molecular complexity index is 262. The molecular weight excluding hydrogens is 258 g/mol. The van der Waals surface area contributed by atoms with E-state index in [9.17, 15) is 20.3 Å². The summed E-state index contributed by atoms with van der Waals surface area (Å²) in [6, 6.07) is 0. The number of carbonyl (C=O) groups is 1. The number of carbonyl (C=O) groups excluding carboxylic acids is 1. The number of hydrogen-bond acceptors (Lipinski definition) is 6. The van der Waals surface area contributed by atoms with Crippen molar-refractivity contribution in [3.8, 4) is 0 Å². The number of nitrogens with zero attached hydrogens (tertiary/aromatic N) is 2. The summed E-state index contributed by atoms with van der Waals surface area (Å²) in [5.41, 5.74) is -0.920. The van der Waals surface area contributed by atoms with E-state index in [-0.39, 0.29) is 109 Å². The standard InChI is InChI=1S/C6H10N2O5.2K/c1-3-13-6(10)5(4(2)9)8(12)7-11;;/h9,11H,3H2,1-2H3;;/q;2*+1/p-2/b5-4+,8-7-;;. The Kier molecular flexibility index (Phi) is 17.3. The monoisotopic (exact) mass is 266 g/mol. The van der Waals surface area contributed by atoms with Crippen LogP contribution in [0.4, 0.5) is 0 Å². The molecule has 0 unspecified atom stereocenters. The largest absolute Gasteiger partial charge is 1.00 e. The zero-order valence-corrected chi connectivity index (χ0v) is 15.4. The van der Waals surface area contributed by atoms with Crippen LogP contribution in [0, 0.1) is 10.4 Å². The van der Waals surface area contributed by atoms with E-state index in [1.54, 1.807) is 0 Å². The first-order valence-electron chi connectivity index (χ1n) is 3.40. The van der Waals surface area contributed by atoms with Gasteiger partial charge < -0.3 is 20.3 Å². The molecule has 0 rings (SSSR count). The summed E-state index contributed by atoms with van der Waals surface area (Å²) in [6.45, 7) is 2.46. The smallest absolute Gasteiger partial charge is 0.871 e. The van der Waals surface area contributed by atoms with Crippen LogP contribution in [0.25, 0.3) is 0 Å². The molecule has 0 saturated carbocycles. The van der Waals surface area contributed by atoms with Crippen molar-refractivity contribution in [1.29, 1.82) is 0 Å². The summed E-state index contributed by atoms with van der Waals surface area (Å²) in [6.07, 6.45) is 0. The third kappa shape index (κ3) is 8.24. The van der Waals surface area contributed by atoms with E-state index in [1.165, 1.54) is 6.92 Å². The molecular formula is C6H8K2N2O5. The van der Waals surface area contributed by atoms with E-state index < -0.39 is 22.3 Å². The Morgan fingerprint density at radius 2 is 1.93 bits per heavy atom. The van der Waals surface area contributed by atoms with Crippen LogP contribution in [-0.4, -0.2) is 17.4 Å². The minimum Gasteiger partial charge on any atom is -0.871 e. The quantitative estimate of drug-likeness (QED) is 0.0959. The molecule has 0 atom stereocenters. The fourth-order valence-corrected chi connectivity index (χ4v) is 0.597. The van der Waals surface area contributed by atoms with E-state index >= 15 is 0 Å². The van der Waals surface area contributed by atoms with Crippen molar-refractivity contribution in [3.63, 3.8) is 0 Å². The van der Waals surface area contributed by atoms with Crippen molar-refractivity contribution in [2.24, 2.45) is 5.28 Å². The summed E-state index contributed by atoms with van der Waals surface area (Å²) >= 11 is 0. The summed E-state index contributed by atoms with van der Waals surface area (Å²) in [7, 11) is 0. The Morgan fingerprint density at radius 3 is 2.20 bits per heavy atom. The van der Waals surface area contributed by atoms with Crippen molar-refractivity contribution in [3.05, 3.63) is 21.9 Å². The van der Waals surface area contributed by atoms with Gasteiger partial charge in [0.15, 0.2) is 0 Å². The van der Waals surface area contributed by atoms with Crippen molar-refractivity contribution >= 4 is 5.97 Å². The Labute approximate surface area is 172 Å². The third-order valence-corrected chi connectivity index (χ3v) is 1.07. The number of esters is 1. The predicted molar refractivity (Wildman–Crippen MR) is 38.8 cm³/mol. The number of hydroxylamine groups is 1. The van der Waals surface area contributed by atoms with Crippen LogP contribution >= 0.6 is 0 Å².